The van der Waals surface area contributed by atoms with Crippen molar-refractivity contribution < 1.29 is 14.6 Å². The summed E-state index contributed by atoms with van der Waals surface area (Å²) in [6.45, 7) is 4.45. The first-order valence-electron chi connectivity index (χ1n) is 7.04. The van der Waals surface area contributed by atoms with Crippen molar-refractivity contribution >= 4 is 0 Å². The monoisotopic (exact) mass is 280 g/mol. The Bertz CT molecular complexity index is 463. The third kappa shape index (κ3) is 2.90. The fourth-order valence-corrected chi connectivity index (χ4v) is 2.86. The van der Waals surface area contributed by atoms with E-state index in [2.05, 4.69) is 17.6 Å². The second-order valence-corrected chi connectivity index (χ2v) is 4.99. The molecule has 5 heteroatoms. The summed E-state index contributed by atoms with van der Waals surface area (Å²) < 4.78 is 11.2. The van der Waals surface area contributed by atoms with E-state index in [9.17, 15) is 0 Å². The van der Waals surface area contributed by atoms with Crippen molar-refractivity contribution in [3.63, 3.8) is 0 Å². The third-order valence-electron chi connectivity index (χ3n) is 3.75. The molecular weight excluding hydrogens is 256 g/mol. The SMILES string of the molecule is COc1cc(CNCCO)c(OC)c2c1C(C)NCC2. The number of hydrogen-bond donors (Lipinski definition) is 3. The normalized spacial score (nSPS) is 17.7. The Morgan fingerprint density at radius 2 is 2.20 bits per heavy atom. The van der Waals surface area contributed by atoms with Crippen LogP contribution < -0.4 is 20.1 Å². The minimum atomic E-state index is 0.130. The zero-order valence-corrected chi connectivity index (χ0v) is 12.5. The van der Waals surface area contributed by atoms with E-state index in [1.54, 1.807) is 14.2 Å². The second kappa shape index (κ2) is 6.92. The van der Waals surface area contributed by atoms with Gasteiger partial charge in [-0.05, 0) is 26.0 Å². The molecule has 0 aromatic heterocycles. The standard InChI is InChI=1S/C15H24N2O3/c1-10-14-12(4-5-17-10)15(20-3)11(8-13(14)19-2)9-16-6-7-18/h8,10,16-18H,4-7,9H2,1-3H3. The number of benzene rings is 1. The van der Waals surface area contributed by atoms with Crippen molar-refractivity contribution in [2.75, 3.05) is 33.9 Å². The number of methoxy groups -OCH3 is 2. The lowest BCUT2D eigenvalue weighted by Crippen LogP contribution is -2.29. The largest absolute Gasteiger partial charge is 0.496 e. The highest BCUT2D eigenvalue weighted by Gasteiger charge is 2.25. The minimum Gasteiger partial charge on any atom is -0.496 e. The molecule has 0 saturated carbocycles. The molecule has 0 spiro atoms. The first kappa shape index (κ1) is 15.1. The summed E-state index contributed by atoms with van der Waals surface area (Å²) in [6, 6.07) is 2.30. The Morgan fingerprint density at radius 1 is 1.40 bits per heavy atom. The van der Waals surface area contributed by atoms with Gasteiger partial charge in [0, 0.05) is 35.8 Å². The van der Waals surface area contributed by atoms with Crippen LogP contribution in [0.25, 0.3) is 0 Å². The van der Waals surface area contributed by atoms with E-state index in [4.69, 9.17) is 14.6 Å². The Labute approximate surface area is 120 Å². The maximum absolute atomic E-state index is 8.87. The number of ether oxygens (including phenoxy) is 2. The van der Waals surface area contributed by atoms with Gasteiger partial charge in [-0.2, -0.15) is 0 Å². The lowest BCUT2D eigenvalue weighted by atomic mass is 9.91. The lowest BCUT2D eigenvalue weighted by molar-refractivity contribution is 0.291. The van der Waals surface area contributed by atoms with E-state index >= 15 is 0 Å². The summed E-state index contributed by atoms with van der Waals surface area (Å²) in [5.41, 5.74) is 3.51. The van der Waals surface area contributed by atoms with E-state index in [0.717, 1.165) is 30.0 Å². The van der Waals surface area contributed by atoms with E-state index in [0.29, 0.717) is 13.1 Å². The van der Waals surface area contributed by atoms with Gasteiger partial charge in [-0.25, -0.2) is 0 Å². The first-order valence-corrected chi connectivity index (χ1v) is 7.04. The van der Waals surface area contributed by atoms with Gasteiger partial charge in [0.1, 0.15) is 11.5 Å². The Kier molecular flexibility index (Phi) is 5.23. The Morgan fingerprint density at radius 3 is 2.85 bits per heavy atom. The number of nitrogens with one attached hydrogen (secondary N) is 2. The van der Waals surface area contributed by atoms with Crippen LogP contribution in [0.4, 0.5) is 0 Å². The molecule has 1 aromatic rings. The van der Waals surface area contributed by atoms with Crippen LogP contribution in [0.1, 0.15) is 29.7 Å². The zero-order chi connectivity index (χ0) is 14.5. The van der Waals surface area contributed by atoms with Crippen molar-refractivity contribution in [1.29, 1.82) is 0 Å². The van der Waals surface area contributed by atoms with E-state index < -0.39 is 0 Å². The molecule has 0 radical (unpaired) electrons. The van der Waals surface area contributed by atoms with Crippen LogP contribution in [-0.4, -0.2) is 39.0 Å². The second-order valence-electron chi connectivity index (χ2n) is 4.99. The van der Waals surface area contributed by atoms with Crippen LogP contribution in [0, 0.1) is 0 Å². The van der Waals surface area contributed by atoms with Gasteiger partial charge in [-0.3, -0.25) is 0 Å². The average molecular weight is 280 g/mol. The topological polar surface area (TPSA) is 62.8 Å². The van der Waals surface area contributed by atoms with Gasteiger partial charge >= 0.3 is 0 Å². The fourth-order valence-electron chi connectivity index (χ4n) is 2.86. The maximum Gasteiger partial charge on any atom is 0.127 e. The quantitative estimate of drug-likeness (QED) is 0.678. The van der Waals surface area contributed by atoms with E-state index in [1.807, 2.05) is 6.07 Å². The molecule has 0 fully saturated rings. The summed E-state index contributed by atoms with van der Waals surface area (Å²) >= 11 is 0. The van der Waals surface area contributed by atoms with Crippen LogP contribution >= 0.6 is 0 Å². The van der Waals surface area contributed by atoms with Gasteiger partial charge in [0.2, 0.25) is 0 Å². The summed E-state index contributed by atoms with van der Waals surface area (Å²) in [6.07, 6.45) is 0.938. The van der Waals surface area contributed by atoms with Crippen LogP contribution in [0.2, 0.25) is 0 Å². The highest BCUT2D eigenvalue weighted by molar-refractivity contribution is 5.56. The van der Waals surface area contributed by atoms with Gasteiger partial charge in [0.25, 0.3) is 0 Å². The van der Waals surface area contributed by atoms with Crippen LogP contribution in [0.15, 0.2) is 6.07 Å². The van der Waals surface area contributed by atoms with Crippen molar-refractivity contribution in [3.8, 4) is 11.5 Å². The zero-order valence-electron chi connectivity index (χ0n) is 12.5. The Hall–Kier alpha value is -1.30. The smallest absolute Gasteiger partial charge is 0.127 e. The Balaban J connectivity index is 2.42. The molecular formula is C15H24N2O3. The van der Waals surface area contributed by atoms with Crippen molar-refractivity contribution in [3.05, 3.63) is 22.8 Å². The molecule has 0 aliphatic carbocycles. The molecule has 112 valence electrons. The molecule has 2 rings (SSSR count). The van der Waals surface area contributed by atoms with E-state index in [1.165, 1.54) is 11.1 Å². The number of aliphatic hydroxyl groups excluding tert-OH is 1. The fraction of sp³-hybridized carbons (Fsp3) is 0.600. The molecule has 1 aromatic carbocycles. The maximum atomic E-state index is 8.87. The molecule has 0 bridgehead atoms. The lowest BCUT2D eigenvalue weighted by Gasteiger charge is -2.29. The molecule has 1 heterocycles. The van der Waals surface area contributed by atoms with Gasteiger partial charge in [0.15, 0.2) is 0 Å². The van der Waals surface area contributed by atoms with Crippen molar-refractivity contribution in [2.24, 2.45) is 0 Å². The van der Waals surface area contributed by atoms with Crippen molar-refractivity contribution in [1.82, 2.24) is 10.6 Å². The third-order valence-corrected chi connectivity index (χ3v) is 3.75. The number of fused-ring (bicyclic) bond motifs is 1. The van der Waals surface area contributed by atoms with E-state index in [-0.39, 0.29) is 12.6 Å². The predicted octanol–water partition coefficient (Wildman–Crippen LogP) is 0.992. The van der Waals surface area contributed by atoms with Crippen LogP contribution in [-0.2, 0) is 13.0 Å². The summed E-state index contributed by atoms with van der Waals surface area (Å²) in [4.78, 5) is 0. The average Bonchev–Trinajstić information content (AvgIpc) is 2.46. The molecule has 0 amide bonds. The van der Waals surface area contributed by atoms with Gasteiger partial charge < -0.3 is 25.2 Å². The predicted molar refractivity (Wildman–Crippen MR) is 78.5 cm³/mol. The molecule has 1 atom stereocenters. The molecule has 1 aliphatic rings. The number of hydrogen-bond acceptors (Lipinski definition) is 5. The summed E-state index contributed by atoms with van der Waals surface area (Å²) in [5, 5.41) is 15.5. The molecule has 1 aliphatic heterocycles. The molecule has 20 heavy (non-hydrogen) atoms. The molecule has 0 saturated heterocycles. The molecule has 5 nitrogen and oxygen atoms in total. The number of rotatable bonds is 6. The van der Waals surface area contributed by atoms with Gasteiger partial charge in [-0.1, -0.05) is 0 Å². The van der Waals surface area contributed by atoms with Crippen molar-refractivity contribution in [2.45, 2.75) is 25.9 Å². The summed E-state index contributed by atoms with van der Waals surface area (Å²) in [5.74, 6) is 1.85. The number of aliphatic hydroxyl groups is 1. The van der Waals surface area contributed by atoms with Gasteiger partial charge in [0.05, 0.1) is 20.8 Å². The van der Waals surface area contributed by atoms with Crippen LogP contribution in [0.5, 0.6) is 11.5 Å². The molecule has 1 unspecified atom stereocenters. The highest BCUT2D eigenvalue weighted by atomic mass is 16.5. The van der Waals surface area contributed by atoms with Gasteiger partial charge in [-0.15, -0.1) is 0 Å². The van der Waals surface area contributed by atoms with Crippen LogP contribution in [0.3, 0.4) is 0 Å². The summed E-state index contributed by atoms with van der Waals surface area (Å²) in [7, 11) is 3.42. The first-order chi connectivity index (χ1) is 9.72. The highest BCUT2D eigenvalue weighted by Crippen LogP contribution is 2.40. The molecule has 3 N–H and O–H groups in total. The minimum absolute atomic E-state index is 0.130.